The summed E-state index contributed by atoms with van der Waals surface area (Å²) in [6.45, 7) is 6.16. The van der Waals surface area contributed by atoms with Crippen molar-refractivity contribution < 1.29 is 0 Å². The van der Waals surface area contributed by atoms with E-state index in [1.54, 1.807) is 11.3 Å². The van der Waals surface area contributed by atoms with E-state index in [4.69, 9.17) is 9.97 Å². The van der Waals surface area contributed by atoms with Gasteiger partial charge < -0.3 is 15.5 Å². The fourth-order valence-electron chi connectivity index (χ4n) is 2.53. The lowest BCUT2D eigenvalue weighted by Crippen LogP contribution is -2.44. The van der Waals surface area contributed by atoms with Crippen LogP contribution in [0.2, 0.25) is 0 Å². The van der Waals surface area contributed by atoms with Gasteiger partial charge in [0.25, 0.3) is 0 Å². The van der Waals surface area contributed by atoms with E-state index in [-0.39, 0.29) is 0 Å². The third-order valence-corrected chi connectivity index (χ3v) is 4.65. The fourth-order valence-corrected chi connectivity index (χ4v) is 3.65. The number of aromatic nitrogens is 2. The molecule has 6 heteroatoms. The maximum absolute atomic E-state index is 4.78. The lowest BCUT2D eigenvalue weighted by Gasteiger charge is -2.27. The van der Waals surface area contributed by atoms with Crippen molar-refractivity contribution in [1.29, 1.82) is 0 Å². The highest BCUT2D eigenvalue weighted by atomic mass is 32.1. The van der Waals surface area contributed by atoms with E-state index in [9.17, 15) is 0 Å². The van der Waals surface area contributed by atoms with Gasteiger partial charge in [-0.1, -0.05) is 13.3 Å². The second kappa shape index (κ2) is 5.93. The van der Waals surface area contributed by atoms with Crippen LogP contribution in [0.4, 0.5) is 11.8 Å². The van der Waals surface area contributed by atoms with Gasteiger partial charge in [0.2, 0.25) is 5.95 Å². The number of aryl methyl sites for hydroxylation is 1. The summed E-state index contributed by atoms with van der Waals surface area (Å²) in [6.07, 6.45) is 2.28. The first-order valence-electron chi connectivity index (χ1n) is 7.25. The molecule has 0 unspecified atom stereocenters. The van der Waals surface area contributed by atoms with E-state index in [0.717, 1.165) is 54.6 Å². The topological polar surface area (TPSA) is 53.1 Å². The lowest BCUT2D eigenvalue weighted by atomic mass is 10.2. The molecule has 108 valence electrons. The van der Waals surface area contributed by atoms with E-state index in [2.05, 4.69) is 28.5 Å². The highest BCUT2D eigenvalue weighted by Crippen LogP contribution is 2.31. The molecule has 0 aliphatic carbocycles. The third kappa shape index (κ3) is 2.58. The van der Waals surface area contributed by atoms with Crippen LogP contribution in [0.1, 0.15) is 18.2 Å². The summed E-state index contributed by atoms with van der Waals surface area (Å²) in [6, 6.07) is 2.23. The maximum Gasteiger partial charge on any atom is 0.228 e. The molecule has 3 rings (SSSR count). The highest BCUT2D eigenvalue weighted by Gasteiger charge is 2.17. The van der Waals surface area contributed by atoms with Gasteiger partial charge in [-0.3, -0.25) is 0 Å². The minimum atomic E-state index is 0.855. The summed E-state index contributed by atoms with van der Waals surface area (Å²) in [7, 11) is 1.93. The molecule has 1 aliphatic rings. The van der Waals surface area contributed by atoms with Crippen LogP contribution in [0.25, 0.3) is 10.2 Å². The molecule has 0 spiro atoms. The first-order valence-corrected chi connectivity index (χ1v) is 8.07. The predicted molar refractivity (Wildman–Crippen MR) is 86.0 cm³/mol. The zero-order valence-corrected chi connectivity index (χ0v) is 12.9. The number of anilines is 2. The summed E-state index contributed by atoms with van der Waals surface area (Å²) >= 11 is 1.80. The summed E-state index contributed by atoms with van der Waals surface area (Å²) in [5.41, 5.74) is 0. The molecule has 1 saturated heterocycles. The Morgan fingerprint density at radius 3 is 2.85 bits per heavy atom. The molecule has 0 saturated carbocycles. The number of hydrogen-bond donors (Lipinski definition) is 2. The Balaban J connectivity index is 2.01. The van der Waals surface area contributed by atoms with Gasteiger partial charge in [0, 0.05) is 38.1 Å². The molecule has 5 nitrogen and oxygen atoms in total. The minimum Gasteiger partial charge on any atom is -0.372 e. The normalized spacial score (nSPS) is 15.8. The first kappa shape index (κ1) is 13.6. The Hall–Kier alpha value is -1.40. The number of piperazine rings is 1. The second-order valence-electron chi connectivity index (χ2n) is 5.04. The van der Waals surface area contributed by atoms with Crippen LogP contribution in [-0.4, -0.2) is 43.2 Å². The summed E-state index contributed by atoms with van der Waals surface area (Å²) in [4.78, 5) is 14.2. The molecule has 1 fully saturated rings. The number of hydrogen-bond acceptors (Lipinski definition) is 6. The van der Waals surface area contributed by atoms with Crippen LogP contribution >= 0.6 is 11.3 Å². The Morgan fingerprint density at radius 2 is 2.15 bits per heavy atom. The average Bonchev–Trinajstić information content (AvgIpc) is 2.90. The minimum absolute atomic E-state index is 0.855. The summed E-state index contributed by atoms with van der Waals surface area (Å²) in [5.74, 6) is 1.80. The van der Waals surface area contributed by atoms with E-state index in [0.29, 0.717) is 0 Å². The molecule has 0 atom stereocenters. The van der Waals surface area contributed by atoms with Gasteiger partial charge >= 0.3 is 0 Å². The number of nitrogens with one attached hydrogen (secondary N) is 2. The third-order valence-electron chi connectivity index (χ3n) is 3.57. The Morgan fingerprint density at radius 1 is 1.35 bits per heavy atom. The Bertz CT molecular complexity index is 589. The van der Waals surface area contributed by atoms with Crippen LogP contribution in [0.5, 0.6) is 0 Å². The van der Waals surface area contributed by atoms with Crippen LogP contribution < -0.4 is 15.5 Å². The molecule has 0 radical (unpaired) electrons. The van der Waals surface area contributed by atoms with Crippen molar-refractivity contribution in [3.05, 3.63) is 10.9 Å². The average molecular weight is 291 g/mol. The lowest BCUT2D eigenvalue weighted by molar-refractivity contribution is 0.581. The van der Waals surface area contributed by atoms with Gasteiger partial charge in [-0.25, -0.2) is 4.98 Å². The van der Waals surface area contributed by atoms with Gasteiger partial charge in [0.15, 0.2) is 0 Å². The molecule has 2 aromatic rings. The number of rotatable bonds is 4. The van der Waals surface area contributed by atoms with Gasteiger partial charge in [-0.2, -0.15) is 4.98 Å². The molecule has 3 heterocycles. The van der Waals surface area contributed by atoms with Gasteiger partial charge in [0.05, 0.1) is 5.39 Å². The number of thiophene rings is 1. The fraction of sp³-hybridized carbons (Fsp3) is 0.571. The second-order valence-corrected chi connectivity index (χ2v) is 6.16. The van der Waals surface area contributed by atoms with Crippen molar-refractivity contribution >= 4 is 33.3 Å². The van der Waals surface area contributed by atoms with Gasteiger partial charge in [-0.15, -0.1) is 11.3 Å². The quantitative estimate of drug-likeness (QED) is 0.903. The number of fused-ring (bicyclic) bond motifs is 1. The van der Waals surface area contributed by atoms with Crippen LogP contribution in [-0.2, 0) is 6.42 Å². The molecule has 0 amide bonds. The van der Waals surface area contributed by atoms with Gasteiger partial charge in [0.1, 0.15) is 10.6 Å². The van der Waals surface area contributed by atoms with Crippen LogP contribution in [0.3, 0.4) is 0 Å². The molecule has 2 aromatic heterocycles. The van der Waals surface area contributed by atoms with E-state index >= 15 is 0 Å². The standard InChI is InChI=1S/C14H21N5S/c1-3-4-10-9-11-12(15-2)17-14(18-13(11)20-10)19-7-5-16-6-8-19/h9,16H,3-8H2,1-2H3,(H,15,17,18). The molecular formula is C14H21N5S. The zero-order valence-electron chi connectivity index (χ0n) is 12.1. The Kier molecular flexibility index (Phi) is 4.03. The predicted octanol–water partition coefficient (Wildman–Crippen LogP) is 2.10. The van der Waals surface area contributed by atoms with E-state index in [1.807, 2.05) is 7.05 Å². The van der Waals surface area contributed by atoms with Crippen molar-refractivity contribution in [2.24, 2.45) is 0 Å². The van der Waals surface area contributed by atoms with E-state index < -0.39 is 0 Å². The molecule has 2 N–H and O–H groups in total. The van der Waals surface area contributed by atoms with Crippen molar-refractivity contribution in [2.45, 2.75) is 19.8 Å². The number of nitrogens with zero attached hydrogens (tertiary/aromatic N) is 3. The van der Waals surface area contributed by atoms with Crippen molar-refractivity contribution in [3.8, 4) is 0 Å². The van der Waals surface area contributed by atoms with E-state index in [1.165, 1.54) is 11.3 Å². The summed E-state index contributed by atoms with van der Waals surface area (Å²) < 4.78 is 0. The SMILES string of the molecule is CCCc1cc2c(NC)nc(N3CCNCC3)nc2s1. The largest absolute Gasteiger partial charge is 0.372 e. The molecular weight excluding hydrogens is 270 g/mol. The zero-order chi connectivity index (χ0) is 13.9. The summed E-state index contributed by atoms with van der Waals surface area (Å²) in [5, 5.41) is 7.73. The van der Waals surface area contributed by atoms with Crippen molar-refractivity contribution in [1.82, 2.24) is 15.3 Å². The van der Waals surface area contributed by atoms with Gasteiger partial charge in [-0.05, 0) is 12.5 Å². The monoisotopic (exact) mass is 291 g/mol. The highest BCUT2D eigenvalue weighted by molar-refractivity contribution is 7.18. The first-order chi connectivity index (χ1) is 9.81. The van der Waals surface area contributed by atoms with Crippen molar-refractivity contribution in [3.63, 3.8) is 0 Å². The smallest absolute Gasteiger partial charge is 0.228 e. The Labute approximate surface area is 123 Å². The molecule has 20 heavy (non-hydrogen) atoms. The molecule has 1 aliphatic heterocycles. The molecule has 0 aromatic carbocycles. The molecule has 0 bridgehead atoms. The van der Waals surface area contributed by atoms with Crippen molar-refractivity contribution in [2.75, 3.05) is 43.4 Å². The van der Waals surface area contributed by atoms with Crippen LogP contribution in [0, 0.1) is 0 Å². The maximum atomic E-state index is 4.78. The van der Waals surface area contributed by atoms with Crippen LogP contribution in [0.15, 0.2) is 6.07 Å².